The van der Waals surface area contributed by atoms with Gasteiger partial charge in [-0.2, -0.15) is 0 Å². The Bertz CT molecular complexity index is 4220. The monoisotopic (exact) mass is 926 g/mol. The Kier molecular flexibility index (Phi) is 10.2. The predicted octanol–water partition coefficient (Wildman–Crippen LogP) is 19.4. The van der Waals surface area contributed by atoms with Crippen molar-refractivity contribution in [2.75, 3.05) is 9.80 Å². The second kappa shape index (κ2) is 17.1. The van der Waals surface area contributed by atoms with Crippen molar-refractivity contribution < 1.29 is 9.52 Å². The molecule has 344 valence electrons. The van der Waals surface area contributed by atoms with Crippen molar-refractivity contribution >= 4 is 88.4 Å². The van der Waals surface area contributed by atoms with Crippen LogP contribution in [0, 0.1) is 27.7 Å². The summed E-state index contributed by atoms with van der Waals surface area (Å²) in [4.78, 5) is 4.68. The molecular formula is C68H50N2O2. The molecule has 4 heteroatoms. The highest BCUT2D eigenvalue weighted by Gasteiger charge is 2.27. The van der Waals surface area contributed by atoms with Crippen LogP contribution in [0.5, 0.6) is 5.75 Å². The molecular weight excluding hydrogens is 877 g/mol. The first kappa shape index (κ1) is 42.9. The minimum absolute atomic E-state index is 0.222. The van der Waals surface area contributed by atoms with E-state index in [1.807, 2.05) is 12.1 Å². The highest BCUT2D eigenvalue weighted by molar-refractivity contribution is 6.28. The number of phenols is 1. The second-order valence-corrected chi connectivity index (χ2v) is 19.2. The summed E-state index contributed by atoms with van der Waals surface area (Å²) in [5, 5.41) is 21.8. The Morgan fingerprint density at radius 3 is 1.51 bits per heavy atom. The maximum Gasteiger partial charge on any atom is 0.159 e. The van der Waals surface area contributed by atoms with E-state index in [1.54, 1.807) is 0 Å². The molecule has 1 aromatic heterocycles. The van der Waals surface area contributed by atoms with Crippen LogP contribution in [0.25, 0.3) is 87.6 Å². The summed E-state index contributed by atoms with van der Waals surface area (Å²) in [6, 6.07) is 79.8. The molecule has 0 saturated carbocycles. The second-order valence-electron chi connectivity index (χ2n) is 19.2. The smallest absolute Gasteiger partial charge is 0.159 e. The van der Waals surface area contributed by atoms with Gasteiger partial charge in [0.2, 0.25) is 0 Å². The molecule has 0 aliphatic heterocycles. The highest BCUT2D eigenvalue weighted by Crippen LogP contribution is 2.52. The molecule has 0 aliphatic carbocycles. The van der Waals surface area contributed by atoms with E-state index in [0.717, 1.165) is 116 Å². The molecule has 0 unspecified atom stereocenters. The Hall–Kier alpha value is -9.12. The highest BCUT2D eigenvalue weighted by atomic mass is 16.3. The number of benzene rings is 12. The van der Waals surface area contributed by atoms with Crippen LogP contribution in [-0.2, 0) is 0 Å². The van der Waals surface area contributed by atoms with Crippen LogP contribution in [0.3, 0.4) is 0 Å². The van der Waals surface area contributed by atoms with Gasteiger partial charge < -0.3 is 19.3 Å². The van der Waals surface area contributed by atoms with Gasteiger partial charge in [-0.05, 0) is 130 Å². The number of aryl methyl sites for hydroxylation is 4. The number of fused-ring (bicyclic) bond motifs is 3. The van der Waals surface area contributed by atoms with Crippen molar-refractivity contribution in [2.24, 2.45) is 0 Å². The first-order chi connectivity index (χ1) is 35.3. The summed E-state index contributed by atoms with van der Waals surface area (Å²) >= 11 is 0. The average Bonchev–Trinajstić information content (AvgIpc) is 3.81. The number of aromatic hydroxyl groups is 1. The first-order valence-electron chi connectivity index (χ1n) is 24.7. The molecule has 13 rings (SSSR count). The van der Waals surface area contributed by atoms with Gasteiger partial charge in [0.05, 0.1) is 28.4 Å². The van der Waals surface area contributed by atoms with Crippen LogP contribution < -0.4 is 9.80 Å². The van der Waals surface area contributed by atoms with Gasteiger partial charge in [-0.25, -0.2) is 0 Å². The third kappa shape index (κ3) is 6.82. The third-order valence-electron chi connectivity index (χ3n) is 14.8. The molecule has 0 atom stereocenters. The van der Waals surface area contributed by atoms with Crippen molar-refractivity contribution in [3.05, 3.63) is 247 Å². The molecule has 72 heavy (non-hydrogen) atoms. The Labute approximate surface area is 419 Å². The van der Waals surface area contributed by atoms with Gasteiger partial charge in [0.1, 0.15) is 11.3 Å². The zero-order valence-corrected chi connectivity index (χ0v) is 40.6. The van der Waals surface area contributed by atoms with E-state index in [-0.39, 0.29) is 5.75 Å². The molecule has 0 amide bonds. The van der Waals surface area contributed by atoms with Crippen molar-refractivity contribution in [2.45, 2.75) is 27.7 Å². The van der Waals surface area contributed by atoms with E-state index < -0.39 is 0 Å². The first-order valence-corrected chi connectivity index (χ1v) is 24.7. The minimum Gasteiger partial charge on any atom is -0.505 e. The SMILES string of the molecule is Cc1ccccc1-c1cccc(-c2cccc(N(c3c(C)cccc3C)c3ccc4ccc5c(N(c6ccccc6C)c6cccc7c6oc6c(-c8ccccc8)cccc67)ccc6ccc3c4c65)c2O)c1. The zero-order chi connectivity index (χ0) is 48.6. The number of hydrogen-bond donors (Lipinski definition) is 1. The van der Waals surface area contributed by atoms with E-state index in [9.17, 15) is 5.11 Å². The van der Waals surface area contributed by atoms with Crippen molar-refractivity contribution in [3.8, 4) is 39.1 Å². The van der Waals surface area contributed by atoms with E-state index in [1.165, 1.54) is 21.9 Å². The lowest BCUT2D eigenvalue weighted by Gasteiger charge is -2.32. The number of rotatable bonds is 9. The number of nitrogens with zero attached hydrogens (tertiary/aromatic N) is 2. The van der Waals surface area contributed by atoms with Gasteiger partial charge in [0.25, 0.3) is 0 Å². The number of phenolic OH excluding ortho intramolecular Hbond substituents is 1. The van der Waals surface area contributed by atoms with E-state index in [0.29, 0.717) is 5.69 Å². The van der Waals surface area contributed by atoms with Gasteiger partial charge in [-0.3, -0.25) is 0 Å². The molecule has 4 nitrogen and oxygen atoms in total. The molecule has 12 aromatic carbocycles. The summed E-state index contributed by atoms with van der Waals surface area (Å²) in [5.41, 5.74) is 18.3. The molecule has 0 fully saturated rings. The van der Waals surface area contributed by atoms with Gasteiger partial charge in [-0.1, -0.05) is 188 Å². The lowest BCUT2D eigenvalue weighted by Crippen LogP contribution is -2.14. The van der Waals surface area contributed by atoms with Crippen LogP contribution in [-0.4, -0.2) is 5.11 Å². The van der Waals surface area contributed by atoms with E-state index in [4.69, 9.17) is 4.42 Å². The summed E-state index contributed by atoms with van der Waals surface area (Å²) in [7, 11) is 0. The van der Waals surface area contributed by atoms with E-state index in [2.05, 4.69) is 250 Å². The fourth-order valence-corrected chi connectivity index (χ4v) is 11.4. The Morgan fingerprint density at radius 1 is 0.319 bits per heavy atom. The number of para-hydroxylation sites is 5. The summed E-state index contributed by atoms with van der Waals surface area (Å²) in [6.07, 6.45) is 0. The zero-order valence-electron chi connectivity index (χ0n) is 40.6. The van der Waals surface area contributed by atoms with Crippen LogP contribution in [0.2, 0.25) is 0 Å². The Balaban J connectivity index is 1.03. The summed E-state index contributed by atoms with van der Waals surface area (Å²) in [6.45, 7) is 8.65. The molecule has 13 aromatic rings. The lowest BCUT2D eigenvalue weighted by atomic mass is 9.91. The van der Waals surface area contributed by atoms with Gasteiger partial charge in [0, 0.05) is 38.4 Å². The van der Waals surface area contributed by atoms with Crippen LogP contribution in [0.4, 0.5) is 34.1 Å². The van der Waals surface area contributed by atoms with E-state index >= 15 is 0 Å². The molecule has 0 spiro atoms. The average molecular weight is 927 g/mol. The summed E-state index contributed by atoms with van der Waals surface area (Å²) < 4.78 is 7.11. The molecule has 1 heterocycles. The van der Waals surface area contributed by atoms with Crippen molar-refractivity contribution in [1.29, 1.82) is 0 Å². The maximum absolute atomic E-state index is 12.8. The van der Waals surface area contributed by atoms with Crippen LogP contribution >= 0.6 is 0 Å². The van der Waals surface area contributed by atoms with Gasteiger partial charge >= 0.3 is 0 Å². The third-order valence-corrected chi connectivity index (χ3v) is 14.8. The minimum atomic E-state index is 0.222. The topological polar surface area (TPSA) is 39.9 Å². The number of furan rings is 1. The normalized spacial score (nSPS) is 11.7. The molecule has 0 saturated heterocycles. The van der Waals surface area contributed by atoms with Crippen molar-refractivity contribution in [3.63, 3.8) is 0 Å². The van der Waals surface area contributed by atoms with Gasteiger partial charge in [0.15, 0.2) is 5.58 Å². The van der Waals surface area contributed by atoms with Crippen molar-refractivity contribution in [1.82, 2.24) is 0 Å². The largest absolute Gasteiger partial charge is 0.505 e. The fourth-order valence-electron chi connectivity index (χ4n) is 11.4. The van der Waals surface area contributed by atoms with Gasteiger partial charge in [-0.15, -0.1) is 0 Å². The number of hydrogen-bond acceptors (Lipinski definition) is 4. The Morgan fingerprint density at radius 2 is 0.806 bits per heavy atom. The molecule has 0 bridgehead atoms. The molecule has 1 N–H and O–H groups in total. The standard InChI is InChI=1S/C68H50N2O2/c1-42-17-8-10-25-51(42)49-23-13-24-50(41-49)52-26-15-31-61(66(52)71)70(65-44(3)19-12-20-45(65)4)60-40-36-48-33-37-56-59(39-35-47-34-38-57(60)64(48)63(47)56)69(58-30-11-9-18-43(58)2)62-32-16-29-55-54-28-14-27-53(67(54)72-68(55)62)46-21-6-5-7-22-46/h5-41,71H,1-4H3. The van der Waals surface area contributed by atoms with Crippen LogP contribution in [0.15, 0.2) is 229 Å². The molecule has 0 radical (unpaired) electrons. The molecule has 0 aliphatic rings. The van der Waals surface area contributed by atoms with Crippen LogP contribution in [0.1, 0.15) is 22.3 Å². The lowest BCUT2D eigenvalue weighted by molar-refractivity contribution is 0.478. The maximum atomic E-state index is 12.8. The fraction of sp³-hybridized carbons (Fsp3) is 0.0588. The number of anilines is 6. The predicted molar refractivity (Wildman–Crippen MR) is 304 cm³/mol. The quantitative estimate of drug-likeness (QED) is 0.146. The summed E-state index contributed by atoms with van der Waals surface area (Å²) in [5.74, 6) is 0.222.